The summed E-state index contributed by atoms with van der Waals surface area (Å²) in [6.07, 6.45) is 0. The second-order valence-corrected chi connectivity index (χ2v) is 8.50. The van der Waals surface area contributed by atoms with Crippen molar-refractivity contribution in [3.8, 4) is 5.75 Å². The van der Waals surface area contributed by atoms with Gasteiger partial charge in [-0.1, -0.05) is 41.9 Å². The van der Waals surface area contributed by atoms with Gasteiger partial charge in [0.1, 0.15) is 5.75 Å². The molecular formula is C19H21ClN2O5S. The van der Waals surface area contributed by atoms with Crippen molar-refractivity contribution in [1.82, 2.24) is 9.62 Å². The zero-order valence-electron chi connectivity index (χ0n) is 15.1. The lowest BCUT2D eigenvalue weighted by atomic mass is 10.2. The zero-order valence-corrected chi connectivity index (χ0v) is 16.7. The highest BCUT2D eigenvalue weighted by Crippen LogP contribution is 2.29. The fraction of sp³-hybridized carbons (Fsp3) is 0.316. The summed E-state index contributed by atoms with van der Waals surface area (Å²) >= 11 is 6.17. The van der Waals surface area contributed by atoms with Crippen molar-refractivity contribution in [3.05, 3.63) is 59.1 Å². The first-order chi connectivity index (χ1) is 13.5. The third-order valence-corrected chi connectivity index (χ3v) is 6.39. The minimum atomic E-state index is -3.64. The number of hydrogen-bond donors (Lipinski definition) is 1. The normalized spacial score (nSPS) is 15.2. The van der Waals surface area contributed by atoms with E-state index in [1.54, 1.807) is 0 Å². The van der Waals surface area contributed by atoms with Crippen LogP contribution in [0, 0.1) is 0 Å². The van der Waals surface area contributed by atoms with E-state index in [-0.39, 0.29) is 28.2 Å². The second kappa shape index (κ2) is 9.38. The lowest BCUT2D eigenvalue weighted by Gasteiger charge is -2.26. The SMILES string of the molecule is O=C(COc1ccc(S(=O)(=O)N2CCOCC2)cc1Cl)NCc1ccccc1. The predicted octanol–water partition coefficient (Wildman–Crippen LogP) is 2.06. The summed E-state index contributed by atoms with van der Waals surface area (Å²) in [5.41, 5.74) is 0.978. The smallest absolute Gasteiger partial charge is 0.258 e. The monoisotopic (exact) mass is 424 g/mol. The van der Waals surface area contributed by atoms with Gasteiger partial charge in [-0.15, -0.1) is 0 Å². The van der Waals surface area contributed by atoms with E-state index in [1.165, 1.54) is 22.5 Å². The van der Waals surface area contributed by atoms with Crippen LogP contribution < -0.4 is 10.1 Å². The van der Waals surface area contributed by atoms with Gasteiger partial charge in [0.2, 0.25) is 10.0 Å². The summed E-state index contributed by atoms with van der Waals surface area (Å²) < 4.78 is 37.3. The summed E-state index contributed by atoms with van der Waals surface area (Å²) in [6, 6.07) is 13.7. The number of morpholine rings is 1. The highest BCUT2D eigenvalue weighted by molar-refractivity contribution is 7.89. The lowest BCUT2D eigenvalue weighted by Crippen LogP contribution is -2.40. The van der Waals surface area contributed by atoms with Gasteiger partial charge in [0, 0.05) is 19.6 Å². The van der Waals surface area contributed by atoms with Gasteiger partial charge in [-0.2, -0.15) is 4.31 Å². The van der Waals surface area contributed by atoms with E-state index in [4.69, 9.17) is 21.1 Å². The Kier molecular flexibility index (Phi) is 6.90. The summed E-state index contributed by atoms with van der Waals surface area (Å²) in [5.74, 6) is -0.0533. The van der Waals surface area contributed by atoms with Crippen LogP contribution >= 0.6 is 11.6 Å². The topological polar surface area (TPSA) is 84.9 Å². The molecule has 9 heteroatoms. The van der Waals surface area contributed by atoms with Gasteiger partial charge in [0.15, 0.2) is 6.61 Å². The maximum absolute atomic E-state index is 12.6. The average Bonchev–Trinajstić information content (AvgIpc) is 2.72. The fourth-order valence-corrected chi connectivity index (χ4v) is 4.42. The number of carbonyl (C=O) groups is 1. The highest BCUT2D eigenvalue weighted by Gasteiger charge is 2.27. The van der Waals surface area contributed by atoms with Gasteiger partial charge >= 0.3 is 0 Å². The van der Waals surface area contributed by atoms with Gasteiger partial charge < -0.3 is 14.8 Å². The molecule has 1 heterocycles. The molecule has 7 nitrogen and oxygen atoms in total. The molecule has 150 valence electrons. The third kappa shape index (κ3) is 5.23. The Morgan fingerprint density at radius 2 is 1.86 bits per heavy atom. The van der Waals surface area contributed by atoms with Crippen molar-refractivity contribution in [1.29, 1.82) is 0 Å². The number of ether oxygens (including phenoxy) is 2. The van der Waals surface area contributed by atoms with Crippen LogP contribution in [0.2, 0.25) is 5.02 Å². The van der Waals surface area contributed by atoms with E-state index in [9.17, 15) is 13.2 Å². The Hall–Kier alpha value is -2.13. The molecule has 1 aliphatic rings. The molecule has 1 saturated heterocycles. The summed E-state index contributed by atoms with van der Waals surface area (Å²) in [4.78, 5) is 12.0. The molecule has 0 bridgehead atoms. The van der Waals surface area contributed by atoms with E-state index >= 15 is 0 Å². The number of rotatable bonds is 7. The molecule has 1 amide bonds. The van der Waals surface area contributed by atoms with Crippen LogP contribution in [-0.2, 0) is 26.1 Å². The van der Waals surface area contributed by atoms with Crippen LogP contribution in [-0.4, -0.2) is 51.5 Å². The minimum Gasteiger partial charge on any atom is -0.482 e. The molecule has 2 aromatic carbocycles. The molecule has 0 unspecified atom stereocenters. The number of sulfonamides is 1. The summed E-state index contributed by atoms with van der Waals surface area (Å²) in [6.45, 7) is 1.52. The first-order valence-corrected chi connectivity index (χ1v) is 10.6. The Labute approximate surface area is 169 Å². The molecule has 3 rings (SSSR count). The van der Waals surface area contributed by atoms with Crippen molar-refractivity contribution in [3.63, 3.8) is 0 Å². The number of halogens is 1. The van der Waals surface area contributed by atoms with Crippen molar-refractivity contribution in [2.24, 2.45) is 0 Å². The zero-order chi connectivity index (χ0) is 20.0. The standard InChI is InChI=1S/C19H21ClN2O5S/c20-17-12-16(28(24,25)22-8-10-26-11-9-22)6-7-18(17)27-14-19(23)21-13-15-4-2-1-3-5-15/h1-7,12H,8-11,13-14H2,(H,21,23). The highest BCUT2D eigenvalue weighted by atomic mass is 35.5. The molecular weight excluding hydrogens is 404 g/mol. The Morgan fingerprint density at radius 3 is 2.54 bits per heavy atom. The molecule has 2 aromatic rings. The number of carbonyl (C=O) groups excluding carboxylic acids is 1. The molecule has 1 aliphatic heterocycles. The van der Waals surface area contributed by atoms with Crippen LogP contribution in [0.15, 0.2) is 53.4 Å². The molecule has 0 saturated carbocycles. The third-order valence-electron chi connectivity index (χ3n) is 4.20. The van der Waals surface area contributed by atoms with E-state index in [0.717, 1.165) is 5.56 Å². The Morgan fingerprint density at radius 1 is 1.14 bits per heavy atom. The largest absolute Gasteiger partial charge is 0.482 e. The quantitative estimate of drug-likeness (QED) is 0.735. The van der Waals surface area contributed by atoms with E-state index in [1.807, 2.05) is 30.3 Å². The van der Waals surface area contributed by atoms with Crippen LogP contribution in [0.3, 0.4) is 0 Å². The maximum atomic E-state index is 12.6. The average molecular weight is 425 g/mol. The summed E-state index contributed by atoms with van der Waals surface area (Å²) in [5, 5.41) is 2.88. The molecule has 0 spiro atoms. The van der Waals surface area contributed by atoms with Crippen molar-refractivity contribution in [2.75, 3.05) is 32.9 Å². The van der Waals surface area contributed by atoms with E-state index in [0.29, 0.717) is 32.8 Å². The van der Waals surface area contributed by atoms with Crippen molar-refractivity contribution >= 4 is 27.5 Å². The molecule has 28 heavy (non-hydrogen) atoms. The van der Waals surface area contributed by atoms with Gasteiger partial charge in [0.05, 0.1) is 23.1 Å². The number of amides is 1. The first-order valence-electron chi connectivity index (χ1n) is 8.78. The van der Waals surface area contributed by atoms with Crippen molar-refractivity contribution in [2.45, 2.75) is 11.4 Å². The van der Waals surface area contributed by atoms with Crippen molar-refractivity contribution < 1.29 is 22.7 Å². The second-order valence-electron chi connectivity index (χ2n) is 6.16. The summed E-state index contributed by atoms with van der Waals surface area (Å²) in [7, 11) is -3.64. The lowest BCUT2D eigenvalue weighted by molar-refractivity contribution is -0.123. The first kappa shape index (κ1) is 20.6. The molecule has 1 N–H and O–H groups in total. The molecule has 1 fully saturated rings. The molecule has 0 aromatic heterocycles. The minimum absolute atomic E-state index is 0.0836. The molecule has 0 atom stereocenters. The Bertz CT molecular complexity index is 915. The Balaban J connectivity index is 1.57. The van der Waals surface area contributed by atoms with Crippen LogP contribution in [0.4, 0.5) is 0 Å². The van der Waals surface area contributed by atoms with E-state index in [2.05, 4.69) is 5.32 Å². The van der Waals surface area contributed by atoms with Crippen LogP contribution in [0.1, 0.15) is 5.56 Å². The fourth-order valence-electron chi connectivity index (χ4n) is 2.69. The number of benzene rings is 2. The van der Waals surface area contributed by atoms with Gasteiger partial charge in [-0.25, -0.2) is 8.42 Å². The number of nitrogens with zero attached hydrogens (tertiary/aromatic N) is 1. The predicted molar refractivity (Wildman–Crippen MR) is 105 cm³/mol. The van der Waals surface area contributed by atoms with E-state index < -0.39 is 10.0 Å². The van der Waals surface area contributed by atoms with Gasteiger partial charge in [-0.05, 0) is 23.8 Å². The van der Waals surface area contributed by atoms with Gasteiger partial charge in [0.25, 0.3) is 5.91 Å². The number of nitrogens with one attached hydrogen (secondary N) is 1. The molecule has 0 radical (unpaired) electrons. The molecule has 0 aliphatic carbocycles. The van der Waals surface area contributed by atoms with Crippen LogP contribution in [0.5, 0.6) is 5.75 Å². The van der Waals surface area contributed by atoms with Crippen LogP contribution in [0.25, 0.3) is 0 Å². The maximum Gasteiger partial charge on any atom is 0.258 e. The number of hydrogen-bond acceptors (Lipinski definition) is 5. The van der Waals surface area contributed by atoms with Gasteiger partial charge in [-0.3, -0.25) is 4.79 Å².